The molecule has 6 nitrogen and oxygen atoms in total. The second-order valence-corrected chi connectivity index (χ2v) is 5.89. The number of anilines is 2. The number of fused-ring (bicyclic) bond motifs is 1. The van der Waals surface area contributed by atoms with Crippen LogP contribution in [0.4, 0.5) is 20.2 Å². The average Bonchev–Trinajstić information content (AvgIpc) is 2.63. The molecule has 0 saturated heterocycles. The summed E-state index contributed by atoms with van der Waals surface area (Å²) in [7, 11) is 0. The van der Waals surface area contributed by atoms with Crippen molar-refractivity contribution in [3.05, 3.63) is 48.5 Å². The predicted octanol–water partition coefficient (Wildman–Crippen LogP) is 3.43. The van der Waals surface area contributed by atoms with Crippen LogP contribution in [0.1, 0.15) is 13.3 Å². The molecule has 1 heterocycles. The van der Waals surface area contributed by atoms with Crippen LogP contribution in [0.5, 0.6) is 11.5 Å². The summed E-state index contributed by atoms with van der Waals surface area (Å²) in [5, 5.41) is 2.54. The number of ether oxygens (including phenoxy) is 2. The van der Waals surface area contributed by atoms with Gasteiger partial charge in [-0.25, -0.2) is 0 Å². The Kier molecular flexibility index (Phi) is 5.54. The van der Waals surface area contributed by atoms with Gasteiger partial charge in [-0.2, -0.15) is 8.78 Å². The van der Waals surface area contributed by atoms with Gasteiger partial charge in [0.1, 0.15) is 11.5 Å². The van der Waals surface area contributed by atoms with E-state index in [4.69, 9.17) is 4.74 Å². The number of alkyl halides is 2. The molecule has 1 atom stereocenters. The zero-order valence-corrected chi connectivity index (χ0v) is 14.5. The van der Waals surface area contributed by atoms with Gasteiger partial charge < -0.3 is 19.7 Å². The number of halogens is 2. The van der Waals surface area contributed by atoms with Gasteiger partial charge in [-0.3, -0.25) is 9.59 Å². The highest BCUT2D eigenvalue weighted by atomic mass is 19.3. The van der Waals surface area contributed by atoms with Crippen molar-refractivity contribution in [3.8, 4) is 11.5 Å². The number of hydrogen-bond acceptors (Lipinski definition) is 4. The van der Waals surface area contributed by atoms with Gasteiger partial charge >= 0.3 is 6.61 Å². The fourth-order valence-corrected chi connectivity index (χ4v) is 2.78. The van der Waals surface area contributed by atoms with Crippen molar-refractivity contribution in [1.82, 2.24) is 0 Å². The molecular weight excluding hydrogens is 358 g/mol. The minimum absolute atomic E-state index is 0.0180. The number of nitrogens with zero attached hydrogens (tertiary/aromatic N) is 1. The molecule has 1 aliphatic heterocycles. The van der Waals surface area contributed by atoms with Crippen molar-refractivity contribution in [1.29, 1.82) is 0 Å². The summed E-state index contributed by atoms with van der Waals surface area (Å²) in [4.78, 5) is 26.2. The van der Waals surface area contributed by atoms with E-state index in [9.17, 15) is 18.4 Å². The van der Waals surface area contributed by atoms with Crippen molar-refractivity contribution in [2.75, 3.05) is 16.8 Å². The van der Waals surface area contributed by atoms with Crippen LogP contribution in [0.15, 0.2) is 48.5 Å². The van der Waals surface area contributed by atoms with Gasteiger partial charge in [0.2, 0.25) is 5.91 Å². The predicted molar refractivity (Wildman–Crippen MR) is 95.2 cm³/mol. The minimum atomic E-state index is -2.99. The molecule has 8 heteroatoms. The van der Waals surface area contributed by atoms with Crippen LogP contribution in [-0.2, 0) is 9.59 Å². The third kappa shape index (κ3) is 4.33. The van der Waals surface area contributed by atoms with Gasteiger partial charge in [-0.1, -0.05) is 24.3 Å². The Morgan fingerprint density at radius 3 is 2.70 bits per heavy atom. The van der Waals surface area contributed by atoms with Crippen molar-refractivity contribution in [2.45, 2.75) is 26.1 Å². The number of carbonyl (C=O) groups excluding carboxylic acids is 2. The lowest BCUT2D eigenvalue weighted by Crippen LogP contribution is -2.45. The number of hydrogen-bond donors (Lipinski definition) is 1. The van der Waals surface area contributed by atoms with Crippen molar-refractivity contribution >= 4 is 23.2 Å². The average molecular weight is 376 g/mol. The molecule has 2 aromatic rings. The number of carbonyl (C=O) groups is 2. The first-order chi connectivity index (χ1) is 13.0. The number of para-hydroxylation sites is 4. The Morgan fingerprint density at radius 2 is 1.93 bits per heavy atom. The van der Waals surface area contributed by atoms with E-state index in [2.05, 4.69) is 10.1 Å². The number of benzene rings is 2. The van der Waals surface area contributed by atoms with E-state index in [0.717, 1.165) is 0 Å². The summed E-state index contributed by atoms with van der Waals surface area (Å²) in [6, 6.07) is 13.0. The van der Waals surface area contributed by atoms with Crippen molar-refractivity contribution in [2.24, 2.45) is 0 Å². The van der Waals surface area contributed by atoms with Crippen LogP contribution in [-0.4, -0.2) is 31.1 Å². The first kappa shape index (κ1) is 18.6. The second-order valence-electron chi connectivity index (χ2n) is 5.89. The Bertz CT molecular complexity index is 844. The molecule has 0 fully saturated rings. The molecule has 0 saturated carbocycles. The summed E-state index contributed by atoms with van der Waals surface area (Å²) >= 11 is 0. The van der Waals surface area contributed by atoms with Gasteiger partial charge in [-0.15, -0.1) is 0 Å². The summed E-state index contributed by atoms with van der Waals surface area (Å²) < 4.78 is 34.9. The molecule has 0 aromatic heterocycles. The van der Waals surface area contributed by atoms with E-state index in [-0.39, 0.29) is 30.3 Å². The Balaban J connectivity index is 1.67. The normalized spacial score (nSPS) is 15.9. The molecule has 2 amide bonds. The maximum absolute atomic E-state index is 12.5. The van der Waals surface area contributed by atoms with Crippen LogP contribution in [0.25, 0.3) is 0 Å². The second kappa shape index (κ2) is 8.03. The van der Waals surface area contributed by atoms with E-state index in [1.165, 1.54) is 23.1 Å². The maximum atomic E-state index is 12.5. The third-order valence-corrected chi connectivity index (χ3v) is 4.01. The highest BCUT2D eigenvalue weighted by molar-refractivity contribution is 6.01. The first-order valence-electron chi connectivity index (χ1n) is 8.36. The molecule has 0 bridgehead atoms. The number of rotatable bonds is 6. The van der Waals surface area contributed by atoms with Crippen LogP contribution in [0.3, 0.4) is 0 Å². The van der Waals surface area contributed by atoms with E-state index in [1.54, 1.807) is 37.3 Å². The van der Waals surface area contributed by atoms with Gasteiger partial charge in [0.05, 0.1) is 11.4 Å². The van der Waals surface area contributed by atoms with Crippen LogP contribution in [0, 0.1) is 0 Å². The summed E-state index contributed by atoms with van der Waals surface area (Å²) in [6.45, 7) is -1.22. The van der Waals surface area contributed by atoms with E-state index in [1.807, 2.05) is 0 Å². The SMILES string of the molecule is CC1Oc2ccccc2N(CCC(=O)Nc2ccccc2OC(F)F)C1=O. The van der Waals surface area contributed by atoms with Crippen molar-refractivity contribution in [3.63, 3.8) is 0 Å². The summed E-state index contributed by atoms with van der Waals surface area (Å²) in [5.74, 6) is -0.226. The highest BCUT2D eigenvalue weighted by Gasteiger charge is 2.31. The zero-order chi connectivity index (χ0) is 19.4. The molecule has 0 aliphatic carbocycles. The molecule has 1 N–H and O–H groups in total. The van der Waals surface area contributed by atoms with Gasteiger partial charge in [-0.05, 0) is 31.2 Å². The fraction of sp³-hybridized carbons (Fsp3) is 0.263. The molecule has 142 valence electrons. The molecule has 1 aliphatic rings. The smallest absolute Gasteiger partial charge is 0.387 e. The molecule has 27 heavy (non-hydrogen) atoms. The maximum Gasteiger partial charge on any atom is 0.387 e. The zero-order valence-electron chi connectivity index (χ0n) is 14.5. The largest absolute Gasteiger partial charge is 0.479 e. The lowest BCUT2D eigenvalue weighted by Gasteiger charge is -2.32. The van der Waals surface area contributed by atoms with Crippen LogP contribution in [0.2, 0.25) is 0 Å². The number of amides is 2. The molecule has 3 rings (SSSR count). The monoisotopic (exact) mass is 376 g/mol. The van der Waals surface area contributed by atoms with E-state index in [0.29, 0.717) is 11.4 Å². The quantitative estimate of drug-likeness (QED) is 0.839. The standard InChI is InChI=1S/C19H18F2N2O4/c1-12-18(25)23(14-7-3-5-9-16(14)26-12)11-10-17(24)22-13-6-2-4-8-15(13)27-19(20)21/h2-9,12,19H,10-11H2,1H3,(H,22,24). The third-order valence-electron chi connectivity index (χ3n) is 4.01. The lowest BCUT2D eigenvalue weighted by molar-refractivity contribution is -0.125. The first-order valence-corrected chi connectivity index (χ1v) is 8.36. The fourth-order valence-electron chi connectivity index (χ4n) is 2.78. The Morgan fingerprint density at radius 1 is 1.22 bits per heavy atom. The van der Waals surface area contributed by atoms with E-state index >= 15 is 0 Å². The van der Waals surface area contributed by atoms with Gasteiger partial charge in [0, 0.05) is 13.0 Å². The molecular formula is C19H18F2N2O4. The van der Waals surface area contributed by atoms with Crippen molar-refractivity contribution < 1.29 is 27.8 Å². The lowest BCUT2D eigenvalue weighted by atomic mass is 10.1. The molecule has 0 radical (unpaired) electrons. The molecule has 2 aromatic carbocycles. The van der Waals surface area contributed by atoms with Gasteiger partial charge in [0.15, 0.2) is 6.10 Å². The molecule has 1 unspecified atom stereocenters. The summed E-state index contributed by atoms with van der Waals surface area (Å²) in [6.07, 6.45) is -0.668. The van der Waals surface area contributed by atoms with Crippen LogP contribution >= 0.6 is 0 Å². The van der Waals surface area contributed by atoms with E-state index < -0.39 is 18.6 Å². The highest BCUT2D eigenvalue weighted by Crippen LogP contribution is 2.33. The van der Waals surface area contributed by atoms with Gasteiger partial charge in [0.25, 0.3) is 5.91 Å². The topological polar surface area (TPSA) is 67.9 Å². The minimum Gasteiger partial charge on any atom is -0.479 e. The van der Waals surface area contributed by atoms with Crippen LogP contribution < -0.4 is 19.7 Å². The Labute approximate surface area is 154 Å². The Hall–Kier alpha value is -3.16. The summed E-state index contributed by atoms with van der Waals surface area (Å²) in [5.41, 5.74) is 0.736. The number of nitrogens with one attached hydrogen (secondary N) is 1. The molecule has 0 spiro atoms.